The Balaban J connectivity index is 1.58. The Morgan fingerprint density at radius 3 is 2.26 bits per heavy atom. The topological polar surface area (TPSA) is 8.17 Å². The normalized spacial score (nSPS) is 13.3. The van der Waals surface area contributed by atoms with Gasteiger partial charge in [-0.05, 0) is 65.3 Å². The summed E-state index contributed by atoms with van der Waals surface area (Å²) in [6.07, 6.45) is 0. The fraction of sp³-hybridized carbons (Fsp3) is 0.0323. The zero-order valence-electron chi connectivity index (χ0n) is 18.9. The van der Waals surface area contributed by atoms with E-state index in [0.29, 0.717) is 0 Å². The summed E-state index contributed by atoms with van der Waals surface area (Å²) >= 11 is 0. The highest BCUT2D eigenvalue weighted by atomic mass is 15.2. The minimum atomic E-state index is 0.210. The Bertz CT molecular complexity index is 1780. The van der Waals surface area contributed by atoms with E-state index < -0.39 is 0 Å². The molecule has 34 heavy (non-hydrogen) atoms. The molecule has 2 aliphatic heterocycles. The molecule has 0 saturated heterocycles. The molecule has 6 aromatic rings. The molecule has 158 valence electrons. The third-order valence-corrected chi connectivity index (χ3v) is 7.62. The Morgan fingerprint density at radius 1 is 0.588 bits per heavy atom. The Labute approximate surface area is 198 Å². The van der Waals surface area contributed by atoms with Gasteiger partial charge in [-0.2, -0.15) is 0 Å². The van der Waals surface area contributed by atoms with E-state index in [4.69, 9.17) is 0 Å². The summed E-state index contributed by atoms with van der Waals surface area (Å²) in [5.74, 6) is 0. The molecule has 0 radical (unpaired) electrons. The third-order valence-electron chi connectivity index (χ3n) is 7.62. The van der Waals surface area contributed by atoms with Crippen molar-refractivity contribution in [2.24, 2.45) is 0 Å². The molecule has 0 amide bonds. The number of anilines is 3. The van der Waals surface area contributed by atoms with Crippen LogP contribution in [0.5, 0.6) is 0 Å². The number of benzene rings is 5. The lowest BCUT2D eigenvalue weighted by Crippen LogP contribution is -2.60. The van der Waals surface area contributed by atoms with Gasteiger partial charge in [0.2, 0.25) is 0 Å². The molecule has 8 rings (SSSR count). The number of aromatic nitrogens is 1. The molecular weight excluding hydrogens is 411 g/mol. The van der Waals surface area contributed by atoms with Crippen LogP contribution in [0.3, 0.4) is 0 Å². The summed E-state index contributed by atoms with van der Waals surface area (Å²) in [7, 11) is 0. The smallest absolute Gasteiger partial charge is 0.252 e. The standard InChI is InChI=1S/C31H21BN2/c1-20-17-18-24-29(19-20)33(21-9-3-2-4-10-21)27-15-8-16-28-30(27)32(24)25-13-7-12-23-22-11-5-6-14-26(22)34(28)31(23)25/h2-19H,1H3. The summed E-state index contributed by atoms with van der Waals surface area (Å²) in [6.45, 7) is 2.40. The SMILES string of the molecule is Cc1ccc2c(c1)N(c1ccccc1)c1cccc3c1B2c1cccc2c4ccccc4n-3c12. The second-order valence-electron chi connectivity index (χ2n) is 9.47. The molecule has 3 heteroatoms. The minimum Gasteiger partial charge on any atom is -0.311 e. The zero-order valence-corrected chi connectivity index (χ0v) is 18.9. The van der Waals surface area contributed by atoms with Gasteiger partial charge in [-0.1, -0.05) is 72.8 Å². The largest absolute Gasteiger partial charge is 0.311 e. The molecule has 0 aliphatic carbocycles. The van der Waals surface area contributed by atoms with E-state index in [9.17, 15) is 0 Å². The highest BCUT2D eigenvalue weighted by Gasteiger charge is 2.41. The number of hydrogen-bond acceptors (Lipinski definition) is 1. The molecule has 3 heterocycles. The van der Waals surface area contributed by atoms with Crippen molar-refractivity contribution in [2.45, 2.75) is 6.92 Å². The van der Waals surface area contributed by atoms with Crippen molar-refractivity contribution < 1.29 is 0 Å². The number of hydrogen-bond donors (Lipinski definition) is 0. The minimum absolute atomic E-state index is 0.210. The van der Waals surface area contributed by atoms with Crippen LogP contribution in [0.2, 0.25) is 0 Å². The van der Waals surface area contributed by atoms with Crippen LogP contribution in [0.4, 0.5) is 17.1 Å². The molecule has 0 N–H and O–H groups in total. The highest BCUT2D eigenvalue weighted by Crippen LogP contribution is 2.41. The van der Waals surface area contributed by atoms with E-state index in [1.807, 2.05) is 0 Å². The molecular formula is C31H21BN2. The van der Waals surface area contributed by atoms with E-state index in [1.165, 1.54) is 66.5 Å². The van der Waals surface area contributed by atoms with E-state index in [0.717, 1.165) is 0 Å². The van der Waals surface area contributed by atoms with Crippen LogP contribution >= 0.6 is 0 Å². The second kappa shape index (κ2) is 6.42. The summed E-state index contributed by atoms with van der Waals surface area (Å²) in [5.41, 5.74) is 13.1. The predicted molar refractivity (Wildman–Crippen MR) is 145 cm³/mol. The number of nitrogens with zero attached hydrogens (tertiary/aromatic N) is 2. The van der Waals surface area contributed by atoms with Crippen LogP contribution in [-0.2, 0) is 0 Å². The van der Waals surface area contributed by atoms with E-state index in [-0.39, 0.29) is 6.71 Å². The number of rotatable bonds is 1. The highest BCUT2D eigenvalue weighted by molar-refractivity contribution is 7.00. The second-order valence-corrected chi connectivity index (χ2v) is 9.47. The van der Waals surface area contributed by atoms with Crippen LogP contribution in [0.25, 0.3) is 27.5 Å². The molecule has 1 aromatic heterocycles. The fourth-order valence-corrected chi connectivity index (χ4v) is 6.31. The number of fused-ring (bicyclic) bond motifs is 7. The lowest BCUT2D eigenvalue weighted by atomic mass is 9.34. The predicted octanol–water partition coefficient (Wildman–Crippen LogP) is 5.70. The maximum atomic E-state index is 2.50. The number of aryl methyl sites for hydroxylation is 1. The van der Waals surface area contributed by atoms with Gasteiger partial charge in [0.1, 0.15) is 0 Å². The van der Waals surface area contributed by atoms with Crippen LogP contribution < -0.4 is 21.3 Å². The molecule has 2 aliphatic rings. The molecule has 0 unspecified atom stereocenters. The maximum Gasteiger partial charge on any atom is 0.252 e. The van der Waals surface area contributed by atoms with Gasteiger partial charge in [0.05, 0.1) is 5.52 Å². The molecule has 2 nitrogen and oxygen atoms in total. The molecule has 0 saturated carbocycles. The summed E-state index contributed by atoms with van der Waals surface area (Å²) in [6, 6.07) is 40.2. The fourth-order valence-electron chi connectivity index (χ4n) is 6.31. The Morgan fingerprint density at radius 2 is 1.35 bits per heavy atom. The quantitative estimate of drug-likeness (QED) is 0.302. The van der Waals surface area contributed by atoms with Gasteiger partial charge in [-0.15, -0.1) is 0 Å². The van der Waals surface area contributed by atoms with Gasteiger partial charge in [0.25, 0.3) is 6.71 Å². The lowest BCUT2D eigenvalue weighted by molar-refractivity contribution is 1.18. The lowest BCUT2D eigenvalue weighted by Gasteiger charge is -2.40. The molecule has 5 aromatic carbocycles. The van der Waals surface area contributed by atoms with Crippen molar-refractivity contribution in [2.75, 3.05) is 4.90 Å². The first-order chi connectivity index (χ1) is 16.8. The first kappa shape index (κ1) is 18.2. The van der Waals surface area contributed by atoms with E-state index in [2.05, 4.69) is 126 Å². The average Bonchev–Trinajstić information content (AvgIpc) is 3.22. The van der Waals surface area contributed by atoms with Gasteiger partial charge in [0, 0.05) is 39.0 Å². The van der Waals surface area contributed by atoms with Crippen LogP contribution in [-0.4, -0.2) is 11.3 Å². The van der Waals surface area contributed by atoms with Gasteiger partial charge >= 0.3 is 0 Å². The van der Waals surface area contributed by atoms with Crippen molar-refractivity contribution in [3.8, 4) is 5.69 Å². The third kappa shape index (κ3) is 2.17. The van der Waals surface area contributed by atoms with Crippen molar-refractivity contribution >= 4 is 62.0 Å². The van der Waals surface area contributed by atoms with Gasteiger partial charge < -0.3 is 9.47 Å². The van der Waals surface area contributed by atoms with Crippen LogP contribution in [0.15, 0.2) is 109 Å². The summed E-state index contributed by atoms with van der Waals surface area (Å²) in [5, 5.41) is 2.66. The van der Waals surface area contributed by atoms with E-state index >= 15 is 0 Å². The average molecular weight is 432 g/mol. The van der Waals surface area contributed by atoms with Crippen molar-refractivity contribution in [3.05, 3.63) is 115 Å². The van der Waals surface area contributed by atoms with Crippen molar-refractivity contribution in [3.63, 3.8) is 0 Å². The van der Waals surface area contributed by atoms with Gasteiger partial charge in [-0.3, -0.25) is 0 Å². The van der Waals surface area contributed by atoms with Gasteiger partial charge in [-0.25, -0.2) is 0 Å². The molecule has 0 bridgehead atoms. The number of para-hydroxylation sites is 3. The first-order valence-corrected chi connectivity index (χ1v) is 11.9. The molecule has 0 fully saturated rings. The summed E-state index contributed by atoms with van der Waals surface area (Å²) < 4.78 is 2.50. The van der Waals surface area contributed by atoms with E-state index in [1.54, 1.807) is 0 Å². The summed E-state index contributed by atoms with van der Waals surface area (Å²) in [4.78, 5) is 2.45. The van der Waals surface area contributed by atoms with Crippen LogP contribution in [0.1, 0.15) is 5.56 Å². The monoisotopic (exact) mass is 432 g/mol. The Hall–Kier alpha value is -4.24. The van der Waals surface area contributed by atoms with Gasteiger partial charge in [0.15, 0.2) is 0 Å². The zero-order chi connectivity index (χ0) is 22.4. The van der Waals surface area contributed by atoms with Crippen LogP contribution in [0, 0.1) is 6.92 Å². The van der Waals surface area contributed by atoms with Crippen molar-refractivity contribution in [1.82, 2.24) is 4.57 Å². The molecule has 0 atom stereocenters. The first-order valence-electron chi connectivity index (χ1n) is 11.9. The molecule has 0 spiro atoms. The maximum absolute atomic E-state index is 2.50. The van der Waals surface area contributed by atoms with Crippen molar-refractivity contribution in [1.29, 1.82) is 0 Å². The Kier molecular flexibility index (Phi) is 3.44.